The van der Waals surface area contributed by atoms with Crippen molar-refractivity contribution in [1.82, 2.24) is 10.2 Å². The zero-order valence-corrected chi connectivity index (χ0v) is 19.4. The number of carbonyl (C=O) groups is 1. The van der Waals surface area contributed by atoms with Crippen LogP contribution < -0.4 is 9.62 Å². The third-order valence-corrected chi connectivity index (χ3v) is 7.24. The summed E-state index contributed by atoms with van der Waals surface area (Å²) in [5.41, 5.74) is 0.641. The van der Waals surface area contributed by atoms with E-state index in [0.29, 0.717) is 17.3 Å². The first-order valence-electron chi connectivity index (χ1n) is 10.5. The van der Waals surface area contributed by atoms with Gasteiger partial charge >= 0.3 is 0 Å². The number of benzene rings is 2. The molecule has 0 spiro atoms. The number of halogens is 1. The molecule has 1 heterocycles. The maximum atomic E-state index is 13.4. The summed E-state index contributed by atoms with van der Waals surface area (Å²) in [5.74, 6) is -0.308. The van der Waals surface area contributed by atoms with Gasteiger partial charge in [0.1, 0.15) is 0 Å². The first-order valence-corrected chi connectivity index (χ1v) is 12.3. The third kappa shape index (κ3) is 6.10. The summed E-state index contributed by atoms with van der Waals surface area (Å²) in [6.07, 6.45) is 2.30. The number of hydrogen-bond donors (Lipinski definition) is 1. The molecule has 0 bridgehead atoms. The van der Waals surface area contributed by atoms with E-state index in [-0.39, 0.29) is 22.9 Å². The lowest BCUT2D eigenvalue weighted by atomic mass is 10.2. The minimum absolute atomic E-state index is 0.0141. The Morgan fingerprint density at radius 3 is 2.66 bits per heavy atom. The number of carbonyl (C=O) groups excluding carboxylic acids is 1. The van der Waals surface area contributed by atoms with Crippen molar-refractivity contribution in [2.24, 2.45) is 0 Å². The maximum absolute atomic E-state index is 13.4. The van der Waals surface area contributed by atoms with Crippen molar-refractivity contribution >= 4 is 33.2 Å². The number of nitrogens with one attached hydrogen (secondary N) is 1. The van der Waals surface area contributed by atoms with Gasteiger partial charge in [-0.15, -0.1) is 6.58 Å². The van der Waals surface area contributed by atoms with Crippen LogP contribution in [-0.4, -0.2) is 65.2 Å². The van der Waals surface area contributed by atoms with Crippen LogP contribution in [0.2, 0.25) is 5.02 Å². The van der Waals surface area contributed by atoms with Crippen LogP contribution in [0.1, 0.15) is 16.8 Å². The molecule has 1 aliphatic heterocycles. The SMILES string of the molecule is C=CCN(c1ccccc1Cl)S(=O)(=O)c1cccc(C(=O)NCCCN2CCOCC2)c1. The predicted molar refractivity (Wildman–Crippen MR) is 127 cm³/mol. The molecule has 3 rings (SSSR count). The summed E-state index contributed by atoms with van der Waals surface area (Å²) < 4.78 is 33.2. The van der Waals surface area contributed by atoms with Gasteiger partial charge in [0.15, 0.2) is 0 Å². The zero-order valence-electron chi connectivity index (χ0n) is 17.9. The molecule has 2 aromatic rings. The van der Waals surface area contributed by atoms with E-state index in [1.54, 1.807) is 36.4 Å². The standard InChI is InChI=1S/C23H28ClN3O4S/c1-2-12-27(22-10-4-3-9-21(22)24)32(29,30)20-8-5-7-19(18-20)23(28)25-11-6-13-26-14-16-31-17-15-26/h2-5,7-10,18H,1,6,11-17H2,(H,25,28). The van der Waals surface area contributed by atoms with Gasteiger partial charge in [0.05, 0.1) is 35.4 Å². The van der Waals surface area contributed by atoms with Crippen LogP contribution in [-0.2, 0) is 14.8 Å². The number of anilines is 1. The molecule has 0 atom stereocenters. The Hall–Kier alpha value is -2.39. The summed E-state index contributed by atoms with van der Waals surface area (Å²) in [5, 5.41) is 3.18. The number of amides is 1. The predicted octanol–water partition coefficient (Wildman–Crippen LogP) is 3.17. The Balaban J connectivity index is 1.69. The number of hydrogen-bond acceptors (Lipinski definition) is 5. The highest BCUT2D eigenvalue weighted by Gasteiger charge is 2.26. The Bertz CT molecular complexity index is 1040. The van der Waals surface area contributed by atoms with Crippen molar-refractivity contribution < 1.29 is 17.9 Å². The monoisotopic (exact) mass is 477 g/mol. The second kappa shape index (κ2) is 11.5. The molecule has 1 saturated heterocycles. The van der Waals surface area contributed by atoms with Crippen LogP contribution in [0.5, 0.6) is 0 Å². The highest BCUT2D eigenvalue weighted by Crippen LogP contribution is 2.30. The highest BCUT2D eigenvalue weighted by atomic mass is 35.5. The van der Waals surface area contributed by atoms with Crippen molar-refractivity contribution in [3.63, 3.8) is 0 Å². The summed E-state index contributed by atoms with van der Waals surface area (Å²) in [6, 6.07) is 12.7. The van der Waals surface area contributed by atoms with Crippen LogP contribution in [0.3, 0.4) is 0 Å². The second-order valence-corrected chi connectivity index (χ2v) is 9.64. The molecule has 7 nitrogen and oxygen atoms in total. The van der Waals surface area contributed by atoms with Crippen molar-refractivity contribution in [1.29, 1.82) is 0 Å². The van der Waals surface area contributed by atoms with E-state index in [1.807, 2.05) is 0 Å². The quantitative estimate of drug-likeness (QED) is 0.420. The Kier molecular flexibility index (Phi) is 8.69. The number of rotatable bonds is 10. The summed E-state index contributed by atoms with van der Waals surface area (Å²) in [6.45, 7) is 8.38. The van der Waals surface area contributed by atoms with Gasteiger partial charge in [0, 0.05) is 25.2 Å². The Labute approximate surface area is 194 Å². The third-order valence-electron chi connectivity index (χ3n) is 5.14. The fraction of sp³-hybridized carbons (Fsp3) is 0.348. The molecule has 0 aliphatic carbocycles. The van der Waals surface area contributed by atoms with Crippen LogP contribution in [0.15, 0.2) is 66.1 Å². The van der Waals surface area contributed by atoms with Crippen LogP contribution in [0, 0.1) is 0 Å². The van der Waals surface area contributed by atoms with Gasteiger partial charge in [0.2, 0.25) is 0 Å². The maximum Gasteiger partial charge on any atom is 0.264 e. The summed E-state index contributed by atoms with van der Waals surface area (Å²) in [7, 11) is -3.96. The van der Waals surface area contributed by atoms with Crippen LogP contribution in [0.4, 0.5) is 5.69 Å². The highest BCUT2D eigenvalue weighted by molar-refractivity contribution is 7.92. The van der Waals surface area contributed by atoms with E-state index in [2.05, 4.69) is 16.8 Å². The first kappa shape index (κ1) is 24.3. The van der Waals surface area contributed by atoms with E-state index in [4.69, 9.17) is 16.3 Å². The molecule has 0 radical (unpaired) electrons. The number of ether oxygens (including phenoxy) is 1. The molecule has 2 aromatic carbocycles. The van der Waals surface area contributed by atoms with Crippen molar-refractivity contribution in [3.8, 4) is 0 Å². The molecule has 1 amide bonds. The van der Waals surface area contributed by atoms with Crippen LogP contribution in [0.25, 0.3) is 0 Å². The lowest BCUT2D eigenvalue weighted by molar-refractivity contribution is 0.0374. The zero-order chi connectivity index (χ0) is 23.0. The van der Waals surface area contributed by atoms with Gasteiger partial charge in [-0.3, -0.25) is 14.0 Å². The largest absolute Gasteiger partial charge is 0.379 e. The average molecular weight is 478 g/mol. The van der Waals surface area contributed by atoms with Gasteiger partial charge in [-0.1, -0.05) is 35.9 Å². The van der Waals surface area contributed by atoms with Crippen molar-refractivity contribution in [2.45, 2.75) is 11.3 Å². The van der Waals surface area contributed by atoms with E-state index >= 15 is 0 Å². The normalized spacial score (nSPS) is 14.7. The van der Waals surface area contributed by atoms with E-state index in [9.17, 15) is 13.2 Å². The van der Waals surface area contributed by atoms with Gasteiger partial charge in [0.25, 0.3) is 15.9 Å². The van der Waals surface area contributed by atoms with E-state index in [0.717, 1.165) is 39.3 Å². The Morgan fingerprint density at radius 1 is 1.19 bits per heavy atom. The molecular formula is C23H28ClN3O4S. The van der Waals surface area contributed by atoms with Gasteiger partial charge in [-0.05, 0) is 43.3 Å². The minimum atomic E-state index is -3.96. The van der Waals surface area contributed by atoms with Crippen molar-refractivity contribution in [3.05, 3.63) is 71.8 Å². The molecule has 0 unspecified atom stereocenters. The molecule has 1 N–H and O–H groups in total. The number of para-hydroxylation sites is 1. The smallest absolute Gasteiger partial charge is 0.264 e. The first-order chi connectivity index (χ1) is 15.4. The van der Waals surface area contributed by atoms with Gasteiger partial charge in [-0.25, -0.2) is 8.42 Å². The molecule has 1 fully saturated rings. The fourth-order valence-electron chi connectivity index (χ4n) is 3.45. The number of sulfonamides is 1. The number of morpholine rings is 1. The number of nitrogens with zero attached hydrogens (tertiary/aromatic N) is 2. The fourth-order valence-corrected chi connectivity index (χ4v) is 5.24. The van der Waals surface area contributed by atoms with E-state index < -0.39 is 10.0 Å². The van der Waals surface area contributed by atoms with E-state index in [1.165, 1.54) is 22.5 Å². The van der Waals surface area contributed by atoms with Crippen LogP contribution >= 0.6 is 11.6 Å². The molecule has 172 valence electrons. The minimum Gasteiger partial charge on any atom is -0.379 e. The molecule has 1 aliphatic rings. The lowest BCUT2D eigenvalue weighted by Crippen LogP contribution is -2.38. The lowest BCUT2D eigenvalue weighted by Gasteiger charge is -2.26. The molecular weight excluding hydrogens is 450 g/mol. The molecule has 32 heavy (non-hydrogen) atoms. The molecule has 0 saturated carbocycles. The average Bonchev–Trinajstić information content (AvgIpc) is 2.81. The van der Waals surface area contributed by atoms with Crippen molar-refractivity contribution in [2.75, 3.05) is 50.2 Å². The Morgan fingerprint density at radius 2 is 1.94 bits per heavy atom. The molecule has 0 aromatic heterocycles. The topological polar surface area (TPSA) is 79.0 Å². The summed E-state index contributed by atoms with van der Waals surface area (Å²) >= 11 is 6.24. The second-order valence-electron chi connectivity index (χ2n) is 7.37. The summed E-state index contributed by atoms with van der Waals surface area (Å²) in [4.78, 5) is 14.9. The van der Waals surface area contributed by atoms with Gasteiger partial charge in [-0.2, -0.15) is 0 Å². The van der Waals surface area contributed by atoms with Gasteiger partial charge < -0.3 is 10.1 Å². The molecule has 9 heteroatoms.